The van der Waals surface area contributed by atoms with Gasteiger partial charge in [-0.15, -0.1) is 0 Å². The first-order valence-corrected chi connectivity index (χ1v) is 6.75. The lowest BCUT2D eigenvalue weighted by molar-refractivity contribution is 0.148. The van der Waals surface area contributed by atoms with Gasteiger partial charge in [-0.25, -0.2) is 13.8 Å². The highest BCUT2D eigenvalue weighted by Gasteiger charge is 2.15. The van der Waals surface area contributed by atoms with E-state index in [4.69, 9.17) is 5.73 Å². The highest BCUT2D eigenvalue weighted by molar-refractivity contribution is 7.99. The fourth-order valence-electron chi connectivity index (χ4n) is 1.91. The van der Waals surface area contributed by atoms with Gasteiger partial charge in [-0.05, 0) is 30.3 Å². The Kier molecular flexibility index (Phi) is 3.31. The Morgan fingerprint density at radius 2 is 1.95 bits per heavy atom. The van der Waals surface area contributed by atoms with Crippen molar-refractivity contribution in [2.75, 3.05) is 5.73 Å². The Labute approximate surface area is 118 Å². The van der Waals surface area contributed by atoms with Crippen molar-refractivity contribution in [1.29, 1.82) is 0 Å². The van der Waals surface area contributed by atoms with Gasteiger partial charge >= 0.3 is 0 Å². The predicted octanol–water partition coefficient (Wildman–Crippen LogP) is 4.23. The first-order valence-electron chi connectivity index (χ1n) is 5.93. The highest BCUT2D eigenvalue weighted by atomic mass is 32.2. The molecule has 0 spiro atoms. The summed E-state index contributed by atoms with van der Waals surface area (Å²) < 4.78 is 26.0. The molecule has 0 bridgehead atoms. The second-order valence-corrected chi connectivity index (χ2v) is 5.29. The van der Waals surface area contributed by atoms with Gasteiger partial charge < -0.3 is 10.7 Å². The molecule has 0 saturated heterocycles. The molecule has 3 aromatic rings. The van der Waals surface area contributed by atoms with Gasteiger partial charge in [-0.1, -0.05) is 23.9 Å². The zero-order valence-corrected chi connectivity index (χ0v) is 11.1. The standard InChI is InChI=1S/C14H11F2N3S/c15-13(16)9-7-8(17)5-6-12(9)20-14-18-10-3-1-2-4-11(10)19-14/h1-7,13H,17H2,(H,18,19). The van der Waals surface area contributed by atoms with Crippen LogP contribution in [0.2, 0.25) is 0 Å². The maximum absolute atomic E-state index is 13.0. The third-order valence-electron chi connectivity index (χ3n) is 2.84. The lowest BCUT2D eigenvalue weighted by Gasteiger charge is -2.07. The minimum absolute atomic E-state index is 0.0737. The number of hydrogen-bond acceptors (Lipinski definition) is 3. The summed E-state index contributed by atoms with van der Waals surface area (Å²) in [5, 5.41) is 0.581. The summed E-state index contributed by atoms with van der Waals surface area (Å²) in [7, 11) is 0. The van der Waals surface area contributed by atoms with E-state index >= 15 is 0 Å². The average molecular weight is 291 g/mol. The summed E-state index contributed by atoms with van der Waals surface area (Å²) in [5.74, 6) is 0. The third kappa shape index (κ3) is 2.46. The van der Waals surface area contributed by atoms with E-state index in [2.05, 4.69) is 9.97 Å². The molecule has 2 aromatic carbocycles. The van der Waals surface area contributed by atoms with Crippen LogP contribution in [0.1, 0.15) is 12.0 Å². The van der Waals surface area contributed by atoms with Crippen molar-refractivity contribution in [2.24, 2.45) is 0 Å². The number of benzene rings is 2. The number of rotatable bonds is 3. The fourth-order valence-corrected chi connectivity index (χ4v) is 2.83. The minimum atomic E-state index is -2.56. The molecule has 0 fully saturated rings. The number of halogens is 2. The number of para-hydroxylation sites is 2. The maximum atomic E-state index is 13.0. The quantitative estimate of drug-likeness (QED) is 0.710. The van der Waals surface area contributed by atoms with E-state index < -0.39 is 6.43 Å². The number of nitrogens with zero attached hydrogens (tertiary/aromatic N) is 1. The lowest BCUT2D eigenvalue weighted by atomic mass is 10.2. The van der Waals surface area contributed by atoms with Crippen LogP contribution in [0.25, 0.3) is 11.0 Å². The van der Waals surface area contributed by atoms with E-state index in [1.165, 1.54) is 17.8 Å². The molecule has 0 aliphatic heterocycles. The monoisotopic (exact) mass is 291 g/mol. The lowest BCUT2D eigenvalue weighted by Crippen LogP contribution is -1.93. The summed E-state index contributed by atoms with van der Waals surface area (Å²) in [6, 6.07) is 12.0. The van der Waals surface area contributed by atoms with E-state index in [0.29, 0.717) is 15.7 Å². The summed E-state index contributed by atoms with van der Waals surface area (Å²) in [6.07, 6.45) is -2.56. The van der Waals surface area contributed by atoms with Crippen molar-refractivity contribution in [3.8, 4) is 0 Å². The molecular weight excluding hydrogens is 280 g/mol. The van der Waals surface area contributed by atoms with Crippen LogP contribution in [0, 0.1) is 0 Å². The molecule has 3 nitrogen and oxygen atoms in total. The molecule has 20 heavy (non-hydrogen) atoms. The average Bonchev–Trinajstić information content (AvgIpc) is 2.82. The van der Waals surface area contributed by atoms with Gasteiger partial charge in [0.1, 0.15) is 0 Å². The first-order chi connectivity index (χ1) is 9.63. The summed E-state index contributed by atoms with van der Waals surface area (Å²) >= 11 is 1.17. The number of anilines is 1. The van der Waals surface area contributed by atoms with Crippen molar-refractivity contribution < 1.29 is 8.78 Å². The van der Waals surface area contributed by atoms with Gasteiger partial charge in [-0.2, -0.15) is 0 Å². The van der Waals surface area contributed by atoms with Gasteiger partial charge in [0.15, 0.2) is 5.16 Å². The molecule has 1 aromatic heterocycles. The summed E-state index contributed by atoms with van der Waals surface area (Å²) in [5.41, 5.74) is 7.50. The summed E-state index contributed by atoms with van der Waals surface area (Å²) in [4.78, 5) is 7.91. The van der Waals surface area contributed by atoms with Crippen molar-refractivity contribution >= 4 is 28.5 Å². The van der Waals surface area contributed by atoms with Crippen molar-refractivity contribution in [3.63, 3.8) is 0 Å². The van der Waals surface area contributed by atoms with Gasteiger partial charge in [0.05, 0.1) is 11.0 Å². The Hall–Kier alpha value is -2.08. The largest absolute Gasteiger partial charge is 0.399 e. The number of nitrogens with two attached hydrogens (primary N) is 1. The maximum Gasteiger partial charge on any atom is 0.265 e. The molecule has 3 rings (SSSR count). The normalized spacial score (nSPS) is 11.3. The van der Waals surface area contributed by atoms with Crippen molar-refractivity contribution in [2.45, 2.75) is 16.5 Å². The number of alkyl halides is 2. The molecule has 6 heteroatoms. The molecule has 0 amide bonds. The van der Waals surface area contributed by atoms with Crippen molar-refractivity contribution in [3.05, 3.63) is 48.0 Å². The van der Waals surface area contributed by atoms with Gasteiger partial charge in [-0.3, -0.25) is 0 Å². The number of nitrogen functional groups attached to an aromatic ring is 1. The number of imidazole rings is 1. The van der Waals surface area contributed by atoms with Gasteiger partial charge in [0.2, 0.25) is 0 Å². The molecule has 0 aliphatic carbocycles. The summed E-state index contributed by atoms with van der Waals surface area (Å²) in [6.45, 7) is 0. The molecule has 0 aliphatic rings. The smallest absolute Gasteiger partial charge is 0.265 e. The van der Waals surface area contributed by atoms with E-state index in [9.17, 15) is 8.78 Å². The number of H-pyrrole nitrogens is 1. The molecule has 0 unspecified atom stereocenters. The van der Waals surface area contributed by atoms with Crippen LogP contribution in [0.4, 0.5) is 14.5 Å². The molecule has 0 radical (unpaired) electrons. The second-order valence-electron chi connectivity index (χ2n) is 4.26. The second kappa shape index (κ2) is 5.13. The van der Waals surface area contributed by atoms with Crippen molar-refractivity contribution in [1.82, 2.24) is 9.97 Å². The molecule has 0 atom stereocenters. The van der Waals surface area contributed by atoms with Crippen LogP contribution in [0.5, 0.6) is 0 Å². The van der Waals surface area contributed by atoms with Crippen LogP contribution in [0.3, 0.4) is 0 Å². The number of hydrogen-bond donors (Lipinski definition) is 2. The topological polar surface area (TPSA) is 54.7 Å². The number of aromatic nitrogens is 2. The number of fused-ring (bicyclic) bond motifs is 1. The fraction of sp³-hybridized carbons (Fsp3) is 0.0714. The number of aromatic amines is 1. The molecule has 0 saturated carbocycles. The first kappa shape index (κ1) is 12.9. The van der Waals surface area contributed by atoms with Crippen LogP contribution < -0.4 is 5.73 Å². The van der Waals surface area contributed by atoms with Crippen LogP contribution in [0.15, 0.2) is 52.5 Å². The van der Waals surface area contributed by atoms with E-state index in [1.54, 1.807) is 12.1 Å². The molecule has 102 valence electrons. The van der Waals surface area contributed by atoms with Crippen LogP contribution in [-0.2, 0) is 0 Å². The van der Waals surface area contributed by atoms with E-state index in [0.717, 1.165) is 11.0 Å². The van der Waals surface area contributed by atoms with Crippen LogP contribution >= 0.6 is 11.8 Å². The third-order valence-corrected chi connectivity index (χ3v) is 3.82. The molecular formula is C14H11F2N3S. The van der Waals surface area contributed by atoms with Gasteiger partial charge in [0.25, 0.3) is 6.43 Å². The SMILES string of the molecule is Nc1ccc(Sc2nc3ccccc3[nH]2)c(C(F)F)c1. The Bertz CT molecular complexity index is 722. The van der Waals surface area contributed by atoms with Gasteiger partial charge in [0, 0.05) is 16.1 Å². The Balaban J connectivity index is 1.98. The van der Waals surface area contributed by atoms with Crippen LogP contribution in [-0.4, -0.2) is 9.97 Å². The predicted molar refractivity (Wildman–Crippen MR) is 76.0 cm³/mol. The minimum Gasteiger partial charge on any atom is -0.399 e. The van der Waals surface area contributed by atoms with E-state index in [1.807, 2.05) is 24.3 Å². The zero-order chi connectivity index (χ0) is 14.1. The Morgan fingerprint density at radius 1 is 1.15 bits per heavy atom. The van der Waals surface area contributed by atoms with E-state index in [-0.39, 0.29) is 5.56 Å². The molecule has 3 N–H and O–H groups in total. The Morgan fingerprint density at radius 3 is 2.70 bits per heavy atom. The number of nitrogens with one attached hydrogen (secondary N) is 1. The highest BCUT2D eigenvalue weighted by Crippen LogP contribution is 2.35. The zero-order valence-electron chi connectivity index (χ0n) is 10.3. The molecule has 1 heterocycles.